The third-order valence-electron chi connectivity index (χ3n) is 5.01. The molecule has 7 nitrogen and oxygen atoms in total. The number of ether oxygens (including phenoxy) is 1. The number of rotatable bonds is 3. The first kappa shape index (κ1) is 18.5. The fourth-order valence-corrected chi connectivity index (χ4v) is 5.72. The van der Waals surface area contributed by atoms with Crippen LogP contribution in [0.3, 0.4) is 0 Å². The van der Waals surface area contributed by atoms with E-state index in [0.717, 1.165) is 22.0 Å². The van der Waals surface area contributed by atoms with Crippen LogP contribution < -0.4 is 0 Å². The molecule has 2 aliphatic rings. The van der Waals surface area contributed by atoms with E-state index in [1.807, 2.05) is 6.07 Å². The molecular weight excluding hydrogens is 436 g/mol. The molecule has 0 fully saturated rings. The molecule has 1 unspecified atom stereocenters. The van der Waals surface area contributed by atoms with E-state index in [1.165, 1.54) is 34.1 Å². The molecule has 142 valence electrons. The van der Waals surface area contributed by atoms with E-state index in [4.69, 9.17) is 4.74 Å². The van der Waals surface area contributed by atoms with Crippen molar-refractivity contribution in [1.82, 2.24) is 4.31 Å². The number of non-ortho nitro benzene ring substituents is 1. The van der Waals surface area contributed by atoms with Crippen molar-refractivity contribution in [3.8, 4) is 0 Å². The van der Waals surface area contributed by atoms with E-state index in [1.54, 1.807) is 0 Å². The van der Waals surface area contributed by atoms with Crippen molar-refractivity contribution in [2.24, 2.45) is 0 Å². The summed E-state index contributed by atoms with van der Waals surface area (Å²) in [5.41, 5.74) is 3.27. The molecule has 0 amide bonds. The van der Waals surface area contributed by atoms with Crippen LogP contribution in [0.2, 0.25) is 0 Å². The van der Waals surface area contributed by atoms with Gasteiger partial charge in [0.2, 0.25) is 10.0 Å². The molecule has 2 aromatic rings. The summed E-state index contributed by atoms with van der Waals surface area (Å²) < 4.78 is 34.5. The zero-order valence-corrected chi connectivity index (χ0v) is 16.7. The van der Waals surface area contributed by atoms with Crippen molar-refractivity contribution < 1.29 is 18.1 Å². The van der Waals surface area contributed by atoms with Crippen molar-refractivity contribution in [2.75, 3.05) is 19.7 Å². The lowest BCUT2D eigenvalue weighted by atomic mass is 9.92. The lowest BCUT2D eigenvalue weighted by Crippen LogP contribution is -2.36. The predicted octanol–water partition coefficient (Wildman–Crippen LogP) is 3.22. The molecule has 2 aromatic carbocycles. The summed E-state index contributed by atoms with van der Waals surface area (Å²) in [7, 11) is -3.77. The van der Waals surface area contributed by atoms with Crippen LogP contribution in [0.15, 0.2) is 45.8 Å². The van der Waals surface area contributed by atoms with Crippen LogP contribution in [-0.4, -0.2) is 37.3 Å². The van der Waals surface area contributed by atoms with Gasteiger partial charge in [-0.15, -0.1) is 0 Å². The average molecular weight is 453 g/mol. The van der Waals surface area contributed by atoms with Crippen molar-refractivity contribution >= 4 is 31.6 Å². The van der Waals surface area contributed by atoms with E-state index < -0.39 is 14.9 Å². The average Bonchev–Trinajstić information content (AvgIpc) is 2.83. The van der Waals surface area contributed by atoms with Crippen molar-refractivity contribution in [1.29, 1.82) is 0 Å². The molecule has 0 N–H and O–H groups in total. The normalized spacial score (nSPS) is 20.0. The van der Waals surface area contributed by atoms with Gasteiger partial charge in [-0.05, 0) is 53.8 Å². The summed E-state index contributed by atoms with van der Waals surface area (Å²) in [6.07, 6.45) is 1.11. The molecule has 9 heteroatoms. The monoisotopic (exact) mass is 452 g/mol. The van der Waals surface area contributed by atoms with Gasteiger partial charge in [0, 0.05) is 29.7 Å². The van der Waals surface area contributed by atoms with Gasteiger partial charge < -0.3 is 4.74 Å². The van der Waals surface area contributed by atoms with Gasteiger partial charge in [-0.3, -0.25) is 10.1 Å². The van der Waals surface area contributed by atoms with Crippen molar-refractivity contribution in [3.05, 3.63) is 67.7 Å². The summed E-state index contributed by atoms with van der Waals surface area (Å²) in [5.74, 6) is 0. The first-order chi connectivity index (χ1) is 12.9. The quantitative estimate of drug-likeness (QED) is 0.526. The second-order valence-electron chi connectivity index (χ2n) is 6.61. The van der Waals surface area contributed by atoms with Crippen molar-refractivity contribution in [2.45, 2.75) is 23.8 Å². The number of nitrogens with zero attached hydrogens (tertiary/aromatic N) is 2. The maximum absolute atomic E-state index is 13.1. The Morgan fingerprint density at radius 1 is 1.15 bits per heavy atom. The topological polar surface area (TPSA) is 89.8 Å². The second-order valence-corrected chi connectivity index (χ2v) is 9.46. The number of nitro groups is 1. The Morgan fingerprint density at radius 2 is 1.81 bits per heavy atom. The number of benzene rings is 2. The first-order valence-corrected chi connectivity index (χ1v) is 10.8. The summed E-state index contributed by atoms with van der Waals surface area (Å²) in [5, 5.41) is 10.8. The summed E-state index contributed by atoms with van der Waals surface area (Å²) in [6, 6.07) is 9.11. The summed E-state index contributed by atoms with van der Waals surface area (Å²) in [4.78, 5) is 10.3. The van der Waals surface area contributed by atoms with Crippen LogP contribution in [-0.2, 0) is 27.6 Å². The van der Waals surface area contributed by atoms with E-state index in [-0.39, 0.29) is 23.2 Å². The second kappa shape index (κ2) is 6.97. The summed E-state index contributed by atoms with van der Waals surface area (Å²) in [6.45, 7) is 1.13. The maximum Gasteiger partial charge on any atom is 0.269 e. The number of hydrogen-bond donors (Lipinski definition) is 0. The highest BCUT2D eigenvalue weighted by molar-refractivity contribution is 9.10. The molecule has 0 spiro atoms. The largest absolute Gasteiger partial charge is 0.372 e. The van der Waals surface area contributed by atoms with Gasteiger partial charge in [-0.2, -0.15) is 4.31 Å². The highest BCUT2D eigenvalue weighted by Crippen LogP contribution is 2.37. The Hall–Kier alpha value is -1.81. The minimum atomic E-state index is -3.77. The van der Waals surface area contributed by atoms with E-state index in [0.29, 0.717) is 19.6 Å². The van der Waals surface area contributed by atoms with Gasteiger partial charge in [0.15, 0.2) is 0 Å². The number of hydrogen-bond acceptors (Lipinski definition) is 5. The Kier molecular flexibility index (Phi) is 4.79. The van der Waals surface area contributed by atoms with E-state index >= 15 is 0 Å². The fourth-order valence-electron chi connectivity index (χ4n) is 3.73. The third kappa shape index (κ3) is 3.40. The Morgan fingerprint density at radius 3 is 2.48 bits per heavy atom. The molecule has 0 saturated carbocycles. The molecular formula is C18H17BrN2O5S. The van der Waals surface area contributed by atoms with E-state index in [9.17, 15) is 18.5 Å². The lowest BCUT2D eigenvalue weighted by Gasteiger charge is -2.29. The van der Waals surface area contributed by atoms with Gasteiger partial charge in [-0.1, -0.05) is 15.9 Å². The first-order valence-electron chi connectivity index (χ1n) is 8.53. The zero-order chi connectivity index (χ0) is 19.2. The third-order valence-corrected chi connectivity index (χ3v) is 7.35. The zero-order valence-electron chi connectivity index (χ0n) is 14.3. The van der Waals surface area contributed by atoms with Crippen LogP contribution >= 0.6 is 15.9 Å². The molecule has 0 bridgehead atoms. The highest BCUT2D eigenvalue weighted by atomic mass is 79.9. The van der Waals surface area contributed by atoms with Gasteiger partial charge in [0.1, 0.15) is 0 Å². The number of halogens is 1. The van der Waals surface area contributed by atoms with Crippen molar-refractivity contribution in [3.63, 3.8) is 0 Å². The van der Waals surface area contributed by atoms with Crippen LogP contribution in [0, 0.1) is 10.1 Å². The molecule has 1 atom stereocenters. The van der Waals surface area contributed by atoms with Gasteiger partial charge in [0.05, 0.1) is 22.5 Å². The van der Waals surface area contributed by atoms with E-state index in [2.05, 4.69) is 22.0 Å². The highest BCUT2D eigenvalue weighted by Gasteiger charge is 2.34. The Balaban J connectivity index is 1.68. The number of sulfonamides is 1. The Labute approximate surface area is 165 Å². The predicted molar refractivity (Wildman–Crippen MR) is 102 cm³/mol. The summed E-state index contributed by atoms with van der Waals surface area (Å²) >= 11 is 3.53. The molecule has 2 aliphatic heterocycles. The minimum Gasteiger partial charge on any atom is -0.372 e. The molecule has 27 heavy (non-hydrogen) atoms. The smallest absolute Gasteiger partial charge is 0.269 e. The molecule has 2 heterocycles. The van der Waals surface area contributed by atoms with Crippen LogP contribution in [0.1, 0.15) is 22.8 Å². The standard InChI is InChI=1S/C18H17BrN2O5S/c19-14-9-12-5-7-20(11-17-18(12)13(10-14)6-8-26-17)27(24,25)16-3-1-15(2-4-16)21(22)23/h1-4,9-10,17H,5-8,11H2. The fraction of sp³-hybridized carbons (Fsp3) is 0.333. The van der Waals surface area contributed by atoms with Crippen LogP contribution in [0.4, 0.5) is 5.69 Å². The maximum atomic E-state index is 13.1. The van der Waals surface area contributed by atoms with Gasteiger partial charge in [0.25, 0.3) is 5.69 Å². The molecule has 0 radical (unpaired) electrons. The number of nitro benzene ring substituents is 1. The molecule has 0 aliphatic carbocycles. The van der Waals surface area contributed by atoms with Gasteiger partial charge >= 0.3 is 0 Å². The SMILES string of the molecule is O=[N+]([O-])c1ccc(S(=O)(=O)N2CCc3cc(Br)cc4c3C(C2)OCC4)cc1. The molecule has 0 aromatic heterocycles. The van der Waals surface area contributed by atoms with Gasteiger partial charge in [-0.25, -0.2) is 8.42 Å². The van der Waals surface area contributed by atoms with Crippen LogP contribution in [0.25, 0.3) is 0 Å². The lowest BCUT2D eigenvalue weighted by molar-refractivity contribution is -0.384. The minimum absolute atomic E-state index is 0.0521. The molecule has 4 rings (SSSR count). The van der Waals surface area contributed by atoms with Crippen LogP contribution in [0.5, 0.6) is 0 Å². The molecule has 0 saturated heterocycles. The Bertz CT molecular complexity index is 1010.